The second kappa shape index (κ2) is 6.18. The standard InChI is InChI=1S/C16H23NO3/c1-10-6-7-12(8-11(10)2)15(20)13(9-14(18)19)17-16(3,4)5/h6-8,13,17H,9H2,1-5H3,(H,18,19). The van der Waals surface area contributed by atoms with E-state index in [9.17, 15) is 9.59 Å². The summed E-state index contributed by atoms with van der Waals surface area (Å²) in [6.45, 7) is 9.65. The number of carboxylic acids is 1. The molecule has 0 spiro atoms. The zero-order valence-electron chi connectivity index (χ0n) is 12.8. The molecule has 0 aliphatic heterocycles. The molecule has 0 aliphatic carbocycles. The Balaban J connectivity index is 3.02. The lowest BCUT2D eigenvalue weighted by Gasteiger charge is -2.27. The highest BCUT2D eigenvalue weighted by Gasteiger charge is 2.27. The molecular weight excluding hydrogens is 254 g/mol. The summed E-state index contributed by atoms with van der Waals surface area (Å²) in [5.41, 5.74) is 2.37. The maximum absolute atomic E-state index is 12.5. The van der Waals surface area contributed by atoms with Crippen LogP contribution in [0.2, 0.25) is 0 Å². The molecule has 0 radical (unpaired) electrons. The van der Waals surface area contributed by atoms with Gasteiger partial charge in [0.25, 0.3) is 0 Å². The summed E-state index contributed by atoms with van der Waals surface area (Å²) < 4.78 is 0. The average molecular weight is 277 g/mol. The average Bonchev–Trinajstić information content (AvgIpc) is 2.28. The van der Waals surface area contributed by atoms with Gasteiger partial charge in [0.05, 0.1) is 12.5 Å². The normalized spacial score (nSPS) is 13.1. The molecule has 4 nitrogen and oxygen atoms in total. The van der Waals surface area contributed by atoms with Crippen LogP contribution >= 0.6 is 0 Å². The first-order valence-electron chi connectivity index (χ1n) is 6.71. The number of rotatable bonds is 5. The molecule has 0 aromatic heterocycles. The molecule has 0 saturated heterocycles. The van der Waals surface area contributed by atoms with Gasteiger partial charge in [-0.3, -0.25) is 9.59 Å². The third kappa shape index (κ3) is 4.78. The Labute approximate surface area is 120 Å². The maximum Gasteiger partial charge on any atom is 0.305 e. The van der Waals surface area contributed by atoms with E-state index in [1.807, 2.05) is 46.8 Å². The Bertz CT molecular complexity index is 515. The van der Waals surface area contributed by atoms with E-state index in [4.69, 9.17) is 5.11 Å². The molecule has 20 heavy (non-hydrogen) atoms. The van der Waals surface area contributed by atoms with E-state index in [0.717, 1.165) is 11.1 Å². The van der Waals surface area contributed by atoms with Gasteiger partial charge in [0.15, 0.2) is 5.78 Å². The number of ketones is 1. The summed E-state index contributed by atoms with van der Waals surface area (Å²) in [6.07, 6.45) is -0.219. The van der Waals surface area contributed by atoms with Gasteiger partial charge in [0.1, 0.15) is 0 Å². The third-order valence-electron chi connectivity index (χ3n) is 3.09. The predicted octanol–water partition coefficient (Wildman–Crippen LogP) is 2.72. The number of carboxylic acid groups (broad SMARTS) is 1. The molecule has 4 heteroatoms. The summed E-state index contributed by atoms with van der Waals surface area (Å²) in [5, 5.41) is 12.1. The molecule has 2 N–H and O–H groups in total. The lowest BCUT2D eigenvalue weighted by atomic mass is 9.96. The molecular formula is C16H23NO3. The van der Waals surface area contributed by atoms with Gasteiger partial charge in [-0.1, -0.05) is 12.1 Å². The van der Waals surface area contributed by atoms with Crippen molar-refractivity contribution >= 4 is 11.8 Å². The molecule has 0 bridgehead atoms. The molecule has 1 unspecified atom stereocenters. The van der Waals surface area contributed by atoms with Crippen LogP contribution in [0.3, 0.4) is 0 Å². The zero-order valence-corrected chi connectivity index (χ0v) is 12.8. The highest BCUT2D eigenvalue weighted by Crippen LogP contribution is 2.14. The summed E-state index contributed by atoms with van der Waals surface area (Å²) in [4.78, 5) is 23.5. The lowest BCUT2D eigenvalue weighted by Crippen LogP contribution is -2.48. The van der Waals surface area contributed by atoms with Gasteiger partial charge >= 0.3 is 5.97 Å². The second-order valence-corrected chi connectivity index (χ2v) is 6.21. The number of hydrogen-bond donors (Lipinski definition) is 2. The molecule has 0 heterocycles. The minimum Gasteiger partial charge on any atom is -0.481 e. The van der Waals surface area contributed by atoms with E-state index in [1.54, 1.807) is 6.07 Å². The molecule has 0 amide bonds. The summed E-state index contributed by atoms with van der Waals surface area (Å²) in [6, 6.07) is 4.74. The Morgan fingerprint density at radius 3 is 2.25 bits per heavy atom. The number of aliphatic carboxylic acids is 1. The molecule has 0 fully saturated rings. The second-order valence-electron chi connectivity index (χ2n) is 6.21. The van der Waals surface area contributed by atoms with E-state index in [-0.39, 0.29) is 17.7 Å². The summed E-state index contributed by atoms with van der Waals surface area (Å²) in [7, 11) is 0. The molecule has 1 atom stereocenters. The zero-order chi connectivity index (χ0) is 15.5. The first-order valence-corrected chi connectivity index (χ1v) is 6.71. The van der Waals surface area contributed by atoms with Gasteiger partial charge in [-0.2, -0.15) is 0 Å². The van der Waals surface area contributed by atoms with Crippen LogP contribution < -0.4 is 5.32 Å². The largest absolute Gasteiger partial charge is 0.481 e. The van der Waals surface area contributed by atoms with E-state index in [1.165, 1.54) is 0 Å². The quantitative estimate of drug-likeness (QED) is 0.812. The van der Waals surface area contributed by atoms with Gasteiger partial charge in [0.2, 0.25) is 0 Å². The molecule has 0 aliphatic rings. The van der Waals surface area contributed by atoms with E-state index < -0.39 is 12.0 Å². The highest BCUT2D eigenvalue weighted by molar-refractivity contribution is 6.02. The first-order chi connectivity index (χ1) is 9.10. The van der Waals surface area contributed by atoms with Crippen LogP contribution in [0.1, 0.15) is 48.7 Å². The van der Waals surface area contributed by atoms with E-state index >= 15 is 0 Å². The Hall–Kier alpha value is -1.68. The number of Topliss-reactive ketones (excluding diaryl/α,β-unsaturated/α-hetero) is 1. The minimum atomic E-state index is -0.982. The summed E-state index contributed by atoms with van der Waals surface area (Å²) >= 11 is 0. The monoisotopic (exact) mass is 277 g/mol. The van der Waals surface area contributed by atoms with Crippen molar-refractivity contribution in [2.24, 2.45) is 0 Å². The van der Waals surface area contributed by atoms with E-state index in [2.05, 4.69) is 5.32 Å². The van der Waals surface area contributed by atoms with Gasteiger partial charge in [0, 0.05) is 11.1 Å². The van der Waals surface area contributed by atoms with Crippen LogP contribution in [-0.4, -0.2) is 28.4 Å². The maximum atomic E-state index is 12.5. The molecule has 1 aromatic carbocycles. The molecule has 0 saturated carbocycles. The summed E-state index contributed by atoms with van der Waals surface area (Å²) in [5.74, 6) is -1.16. The van der Waals surface area contributed by atoms with Crippen molar-refractivity contribution < 1.29 is 14.7 Å². The fourth-order valence-corrected chi connectivity index (χ4v) is 2.00. The lowest BCUT2D eigenvalue weighted by molar-refractivity contribution is -0.137. The van der Waals surface area contributed by atoms with Crippen LogP contribution in [0, 0.1) is 13.8 Å². The van der Waals surface area contributed by atoms with Crippen molar-refractivity contribution in [2.45, 2.75) is 52.6 Å². The topological polar surface area (TPSA) is 66.4 Å². The van der Waals surface area contributed by atoms with Gasteiger partial charge in [-0.05, 0) is 51.8 Å². The molecule has 1 rings (SSSR count). The molecule has 1 aromatic rings. The van der Waals surface area contributed by atoms with E-state index in [0.29, 0.717) is 5.56 Å². The number of carbonyl (C=O) groups excluding carboxylic acids is 1. The molecule has 110 valence electrons. The van der Waals surface area contributed by atoms with Crippen molar-refractivity contribution in [3.05, 3.63) is 34.9 Å². The van der Waals surface area contributed by atoms with Gasteiger partial charge < -0.3 is 10.4 Å². The van der Waals surface area contributed by atoms with Crippen molar-refractivity contribution in [3.63, 3.8) is 0 Å². The van der Waals surface area contributed by atoms with Crippen LogP contribution in [0.5, 0.6) is 0 Å². The number of nitrogens with one attached hydrogen (secondary N) is 1. The minimum absolute atomic E-state index is 0.176. The first kappa shape index (κ1) is 16.4. The smallest absolute Gasteiger partial charge is 0.305 e. The number of carbonyl (C=O) groups is 2. The fourth-order valence-electron chi connectivity index (χ4n) is 2.00. The Morgan fingerprint density at radius 1 is 1.20 bits per heavy atom. The Morgan fingerprint density at radius 2 is 1.80 bits per heavy atom. The van der Waals surface area contributed by atoms with Crippen LogP contribution in [-0.2, 0) is 4.79 Å². The van der Waals surface area contributed by atoms with Crippen molar-refractivity contribution in [3.8, 4) is 0 Å². The van der Waals surface area contributed by atoms with Gasteiger partial charge in [-0.15, -0.1) is 0 Å². The fraction of sp³-hybridized carbons (Fsp3) is 0.500. The van der Waals surface area contributed by atoms with Crippen LogP contribution in [0.25, 0.3) is 0 Å². The van der Waals surface area contributed by atoms with Crippen molar-refractivity contribution in [1.82, 2.24) is 5.32 Å². The SMILES string of the molecule is Cc1ccc(C(=O)C(CC(=O)O)NC(C)(C)C)cc1C. The Kier molecular flexibility index (Phi) is 5.06. The van der Waals surface area contributed by atoms with Crippen molar-refractivity contribution in [2.75, 3.05) is 0 Å². The number of hydrogen-bond acceptors (Lipinski definition) is 3. The van der Waals surface area contributed by atoms with Crippen molar-refractivity contribution in [1.29, 1.82) is 0 Å². The number of benzene rings is 1. The highest BCUT2D eigenvalue weighted by atomic mass is 16.4. The van der Waals surface area contributed by atoms with Crippen LogP contribution in [0.4, 0.5) is 0 Å². The van der Waals surface area contributed by atoms with Crippen LogP contribution in [0.15, 0.2) is 18.2 Å². The third-order valence-corrected chi connectivity index (χ3v) is 3.09. The van der Waals surface area contributed by atoms with Gasteiger partial charge in [-0.25, -0.2) is 0 Å². The predicted molar refractivity (Wildman–Crippen MR) is 79.2 cm³/mol. The number of aryl methyl sites for hydroxylation is 2.